The summed E-state index contributed by atoms with van der Waals surface area (Å²) in [7, 11) is 1.90. The van der Waals surface area contributed by atoms with Crippen molar-refractivity contribution in [1.82, 2.24) is 9.80 Å². The van der Waals surface area contributed by atoms with Gasteiger partial charge in [0.2, 0.25) is 0 Å². The largest absolute Gasteiger partial charge is 0.451 e. The molecule has 1 aliphatic rings. The van der Waals surface area contributed by atoms with Crippen LogP contribution in [0.25, 0.3) is 11.0 Å². The molecule has 1 amide bonds. The zero-order valence-corrected chi connectivity index (χ0v) is 13.6. The summed E-state index contributed by atoms with van der Waals surface area (Å²) in [5, 5.41) is 1.03. The maximum absolute atomic E-state index is 12.8. The summed E-state index contributed by atoms with van der Waals surface area (Å²) < 4.78 is 5.81. The van der Waals surface area contributed by atoms with E-state index in [9.17, 15) is 4.79 Å². The van der Waals surface area contributed by atoms with Crippen molar-refractivity contribution in [1.29, 1.82) is 0 Å². The fourth-order valence-corrected chi connectivity index (χ4v) is 3.33. The summed E-state index contributed by atoms with van der Waals surface area (Å²) in [5.74, 6) is 0.491. The van der Waals surface area contributed by atoms with E-state index < -0.39 is 0 Å². The molecule has 1 saturated heterocycles. The first-order chi connectivity index (χ1) is 10.6. The van der Waals surface area contributed by atoms with E-state index in [1.54, 1.807) is 0 Å². The van der Waals surface area contributed by atoms with E-state index in [1.807, 2.05) is 43.1 Å². The molecular formula is C18H24N2O2. The van der Waals surface area contributed by atoms with Gasteiger partial charge in [0.25, 0.3) is 5.91 Å². The zero-order chi connectivity index (χ0) is 15.7. The summed E-state index contributed by atoms with van der Waals surface area (Å²) in [6.45, 7) is 7.38. The summed E-state index contributed by atoms with van der Waals surface area (Å²) in [4.78, 5) is 17.1. The third-order valence-electron chi connectivity index (χ3n) is 4.91. The Balaban J connectivity index is 1.79. The van der Waals surface area contributed by atoms with Crippen LogP contribution in [0, 0.1) is 6.92 Å². The van der Waals surface area contributed by atoms with Gasteiger partial charge in [0.05, 0.1) is 0 Å². The quantitative estimate of drug-likeness (QED) is 0.872. The maximum atomic E-state index is 12.8. The summed E-state index contributed by atoms with van der Waals surface area (Å²) in [5.41, 5.74) is 1.73. The maximum Gasteiger partial charge on any atom is 0.289 e. The first kappa shape index (κ1) is 15.1. The molecule has 2 aromatic rings. The molecule has 0 saturated carbocycles. The Morgan fingerprint density at radius 3 is 2.64 bits per heavy atom. The van der Waals surface area contributed by atoms with E-state index in [2.05, 4.69) is 11.8 Å². The molecule has 1 aromatic heterocycles. The fraction of sp³-hybridized carbons (Fsp3) is 0.500. The van der Waals surface area contributed by atoms with Crippen LogP contribution in [-0.2, 0) is 0 Å². The minimum atomic E-state index is 0.00338. The molecule has 2 heterocycles. The number of nitrogens with zero attached hydrogens (tertiary/aromatic N) is 2. The molecule has 0 atom stereocenters. The molecule has 0 spiro atoms. The molecule has 3 rings (SSSR count). The summed E-state index contributed by atoms with van der Waals surface area (Å²) in [6.07, 6.45) is 2.07. The first-order valence-corrected chi connectivity index (χ1v) is 8.09. The highest BCUT2D eigenvalue weighted by Gasteiger charge is 2.28. The number of fused-ring (bicyclic) bond motifs is 1. The average molecular weight is 300 g/mol. The van der Waals surface area contributed by atoms with E-state index in [0.717, 1.165) is 49.0 Å². The Morgan fingerprint density at radius 1 is 1.32 bits per heavy atom. The number of rotatable bonds is 3. The fourth-order valence-electron chi connectivity index (χ4n) is 3.33. The summed E-state index contributed by atoms with van der Waals surface area (Å²) >= 11 is 0. The van der Waals surface area contributed by atoms with Crippen LogP contribution in [0.4, 0.5) is 0 Å². The van der Waals surface area contributed by atoms with Gasteiger partial charge in [-0.05, 0) is 32.4 Å². The van der Waals surface area contributed by atoms with Crippen LogP contribution in [0.1, 0.15) is 35.9 Å². The molecule has 4 nitrogen and oxygen atoms in total. The highest BCUT2D eigenvalue weighted by Crippen LogP contribution is 2.27. The Bertz CT molecular complexity index is 669. The molecule has 1 aliphatic heterocycles. The van der Waals surface area contributed by atoms with Crippen LogP contribution in [0.2, 0.25) is 0 Å². The molecule has 4 heteroatoms. The van der Waals surface area contributed by atoms with Crippen LogP contribution in [-0.4, -0.2) is 48.4 Å². The minimum Gasteiger partial charge on any atom is -0.451 e. The molecular weight excluding hydrogens is 276 g/mol. The second kappa shape index (κ2) is 6.13. The highest BCUT2D eigenvalue weighted by atomic mass is 16.3. The predicted octanol–water partition coefficient (Wildman–Crippen LogP) is 3.30. The number of likely N-dealkylation sites (tertiary alicyclic amines) is 1. The number of carbonyl (C=O) groups is 1. The van der Waals surface area contributed by atoms with Gasteiger partial charge in [-0.15, -0.1) is 0 Å². The van der Waals surface area contributed by atoms with E-state index >= 15 is 0 Å². The van der Waals surface area contributed by atoms with Crippen molar-refractivity contribution in [2.45, 2.75) is 32.7 Å². The van der Waals surface area contributed by atoms with Crippen molar-refractivity contribution in [3.8, 4) is 0 Å². The highest BCUT2D eigenvalue weighted by molar-refractivity contribution is 5.98. The average Bonchev–Trinajstić information content (AvgIpc) is 2.91. The number of hydrogen-bond acceptors (Lipinski definition) is 3. The molecule has 0 radical (unpaired) electrons. The van der Waals surface area contributed by atoms with Gasteiger partial charge in [-0.3, -0.25) is 4.79 Å². The number of hydrogen-bond donors (Lipinski definition) is 0. The van der Waals surface area contributed by atoms with Gasteiger partial charge in [-0.1, -0.05) is 25.1 Å². The SMILES string of the molecule is CCN1CCC(N(C)C(=O)c2oc3ccccc3c2C)CC1. The number of benzene rings is 1. The van der Waals surface area contributed by atoms with Crippen molar-refractivity contribution in [2.75, 3.05) is 26.7 Å². The van der Waals surface area contributed by atoms with Crippen molar-refractivity contribution < 1.29 is 9.21 Å². The van der Waals surface area contributed by atoms with E-state index in [4.69, 9.17) is 4.42 Å². The molecule has 0 aliphatic carbocycles. The zero-order valence-electron chi connectivity index (χ0n) is 13.6. The van der Waals surface area contributed by atoms with Crippen LogP contribution in [0.15, 0.2) is 28.7 Å². The standard InChI is InChI=1S/C18H24N2O2/c1-4-20-11-9-14(10-12-20)19(3)18(21)17-13(2)15-7-5-6-8-16(15)22-17/h5-8,14H,4,9-12H2,1-3H3. The number of furan rings is 1. The molecule has 1 aromatic carbocycles. The second-order valence-corrected chi connectivity index (χ2v) is 6.13. The number of aryl methyl sites for hydroxylation is 1. The van der Waals surface area contributed by atoms with Crippen LogP contribution < -0.4 is 0 Å². The lowest BCUT2D eigenvalue weighted by Gasteiger charge is -2.36. The van der Waals surface area contributed by atoms with Gasteiger partial charge >= 0.3 is 0 Å². The predicted molar refractivity (Wildman–Crippen MR) is 88.2 cm³/mol. The first-order valence-electron chi connectivity index (χ1n) is 8.09. The number of para-hydroxylation sites is 1. The van der Waals surface area contributed by atoms with E-state index in [1.165, 1.54) is 0 Å². The monoisotopic (exact) mass is 300 g/mol. The third kappa shape index (κ3) is 2.63. The van der Waals surface area contributed by atoms with Gasteiger partial charge in [0, 0.05) is 37.1 Å². The number of piperidine rings is 1. The van der Waals surface area contributed by atoms with Crippen LogP contribution in [0.3, 0.4) is 0 Å². The lowest BCUT2D eigenvalue weighted by molar-refractivity contribution is 0.0617. The Kier molecular flexibility index (Phi) is 4.21. The normalized spacial score (nSPS) is 17.0. The Morgan fingerprint density at radius 2 is 2.00 bits per heavy atom. The molecule has 22 heavy (non-hydrogen) atoms. The van der Waals surface area contributed by atoms with Crippen LogP contribution >= 0.6 is 0 Å². The third-order valence-corrected chi connectivity index (χ3v) is 4.91. The minimum absolute atomic E-state index is 0.00338. The van der Waals surface area contributed by atoms with Gasteiger partial charge in [-0.25, -0.2) is 0 Å². The van der Waals surface area contributed by atoms with Crippen molar-refractivity contribution >= 4 is 16.9 Å². The molecule has 0 N–H and O–H groups in total. The number of carbonyl (C=O) groups excluding carboxylic acids is 1. The molecule has 0 bridgehead atoms. The smallest absolute Gasteiger partial charge is 0.289 e. The lowest BCUT2D eigenvalue weighted by atomic mass is 10.0. The van der Waals surface area contributed by atoms with Gasteiger partial charge in [-0.2, -0.15) is 0 Å². The lowest BCUT2D eigenvalue weighted by Crippen LogP contribution is -2.45. The van der Waals surface area contributed by atoms with E-state index in [-0.39, 0.29) is 5.91 Å². The van der Waals surface area contributed by atoms with Gasteiger partial charge in [0.1, 0.15) is 5.58 Å². The molecule has 1 fully saturated rings. The Labute approximate surface area is 131 Å². The van der Waals surface area contributed by atoms with E-state index in [0.29, 0.717) is 11.8 Å². The second-order valence-electron chi connectivity index (χ2n) is 6.13. The van der Waals surface area contributed by atoms with Crippen molar-refractivity contribution in [3.63, 3.8) is 0 Å². The van der Waals surface area contributed by atoms with Crippen LogP contribution in [0.5, 0.6) is 0 Å². The topological polar surface area (TPSA) is 36.7 Å². The summed E-state index contributed by atoms with van der Waals surface area (Å²) in [6, 6.07) is 8.14. The number of amides is 1. The van der Waals surface area contributed by atoms with Crippen molar-refractivity contribution in [2.24, 2.45) is 0 Å². The Hall–Kier alpha value is -1.81. The molecule has 0 unspecified atom stereocenters. The van der Waals surface area contributed by atoms with Gasteiger partial charge in [0.15, 0.2) is 5.76 Å². The van der Waals surface area contributed by atoms with Crippen molar-refractivity contribution in [3.05, 3.63) is 35.6 Å². The molecule has 118 valence electrons. The van der Waals surface area contributed by atoms with Gasteiger partial charge < -0.3 is 14.2 Å².